The number of aliphatic hydroxyl groups is 2. The highest BCUT2D eigenvalue weighted by Gasteiger charge is 2.19. The SMILES string of the molecule is C#CC(C)(O)Cc1ccc(CC(C)(O)C#C)cc1. The molecule has 1 aromatic rings. The molecule has 0 aliphatic carbocycles. The van der Waals surface area contributed by atoms with Gasteiger partial charge in [-0.1, -0.05) is 36.1 Å². The summed E-state index contributed by atoms with van der Waals surface area (Å²) >= 11 is 0. The zero-order valence-electron chi connectivity index (χ0n) is 10.8. The van der Waals surface area contributed by atoms with E-state index >= 15 is 0 Å². The fourth-order valence-electron chi connectivity index (χ4n) is 1.67. The standard InChI is InChI=1S/C16H18O2/c1-5-15(3,17)11-13-7-9-14(10-8-13)12-16(4,18)6-2/h1-2,7-10,17-18H,11-12H2,3-4H3. The highest BCUT2D eigenvalue weighted by Crippen LogP contribution is 2.16. The van der Waals surface area contributed by atoms with Gasteiger partial charge in [-0.3, -0.25) is 0 Å². The summed E-state index contributed by atoms with van der Waals surface area (Å²) in [6.45, 7) is 3.20. The molecule has 2 N–H and O–H groups in total. The average molecular weight is 242 g/mol. The molecule has 0 saturated heterocycles. The van der Waals surface area contributed by atoms with E-state index in [4.69, 9.17) is 12.8 Å². The molecule has 2 unspecified atom stereocenters. The van der Waals surface area contributed by atoms with Crippen molar-refractivity contribution in [2.45, 2.75) is 37.9 Å². The van der Waals surface area contributed by atoms with Crippen molar-refractivity contribution in [3.05, 3.63) is 35.4 Å². The fraction of sp³-hybridized carbons (Fsp3) is 0.375. The molecule has 2 heteroatoms. The molecule has 0 radical (unpaired) electrons. The van der Waals surface area contributed by atoms with E-state index in [-0.39, 0.29) is 0 Å². The van der Waals surface area contributed by atoms with Gasteiger partial charge in [-0.05, 0) is 25.0 Å². The quantitative estimate of drug-likeness (QED) is 0.786. The first kappa shape index (κ1) is 14.3. The van der Waals surface area contributed by atoms with Gasteiger partial charge in [0.25, 0.3) is 0 Å². The molecule has 94 valence electrons. The van der Waals surface area contributed by atoms with Crippen LogP contribution in [0.1, 0.15) is 25.0 Å². The van der Waals surface area contributed by atoms with Crippen molar-refractivity contribution in [2.75, 3.05) is 0 Å². The van der Waals surface area contributed by atoms with E-state index in [1.807, 2.05) is 24.3 Å². The second-order valence-electron chi connectivity index (χ2n) is 5.01. The maximum absolute atomic E-state index is 9.77. The largest absolute Gasteiger partial charge is 0.378 e. The van der Waals surface area contributed by atoms with Crippen molar-refractivity contribution in [1.82, 2.24) is 0 Å². The molecular formula is C16H18O2. The molecule has 0 bridgehead atoms. The van der Waals surface area contributed by atoms with Crippen LogP contribution in [0, 0.1) is 24.7 Å². The first-order valence-corrected chi connectivity index (χ1v) is 5.76. The molecule has 0 amide bonds. The van der Waals surface area contributed by atoms with E-state index in [1.54, 1.807) is 13.8 Å². The molecule has 18 heavy (non-hydrogen) atoms. The topological polar surface area (TPSA) is 40.5 Å². The average Bonchev–Trinajstić information content (AvgIpc) is 2.31. The van der Waals surface area contributed by atoms with Crippen LogP contribution in [0.15, 0.2) is 24.3 Å². The van der Waals surface area contributed by atoms with E-state index in [9.17, 15) is 10.2 Å². The number of terminal acetylenes is 2. The Morgan fingerprint density at radius 2 is 1.17 bits per heavy atom. The van der Waals surface area contributed by atoms with Gasteiger partial charge in [-0.25, -0.2) is 0 Å². The van der Waals surface area contributed by atoms with Crippen LogP contribution in [-0.2, 0) is 12.8 Å². The van der Waals surface area contributed by atoms with Gasteiger partial charge in [0, 0.05) is 12.8 Å². The minimum Gasteiger partial charge on any atom is -0.378 e. The molecule has 1 rings (SSSR count). The van der Waals surface area contributed by atoms with E-state index in [1.165, 1.54) is 0 Å². The summed E-state index contributed by atoms with van der Waals surface area (Å²) in [5.74, 6) is 4.68. The van der Waals surface area contributed by atoms with Crippen molar-refractivity contribution in [3.63, 3.8) is 0 Å². The maximum atomic E-state index is 9.77. The Labute approximate surface area is 109 Å². The summed E-state index contributed by atoms with van der Waals surface area (Å²) in [6, 6.07) is 7.53. The van der Waals surface area contributed by atoms with E-state index in [2.05, 4.69) is 11.8 Å². The number of hydrogen-bond acceptors (Lipinski definition) is 2. The third-order valence-corrected chi connectivity index (χ3v) is 2.74. The van der Waals surface area contributed by atoms with Gasteiger partial charge < -0.3 is 10.2 Å². The Kier molecular flexibility index (Phi) is 4.19. The highest BCUT2D eigenvalue weighted by molar-refractivity contribution is 5.28. The normalized spacial score (nSPS) is 17.0. The van der Waals surface area contributed by atoms with Gasteiger partial charge in [0.2, 0.25) is 0 Å². The van der Waals surface area contributed by atoms with Gasteiger partial charge in [0.05, 0.1) is 0 Å². The molecule has 0 saturated carbocycles. The lowest BCUT2D eigenvalue weighted by Gasteiger charge is -2.18. The van der Waals surface area contributed by atoms with Gasteiger partial charge >= 0.3 is 0 Å². The Balaban J connectivity index is 2.77. The van der Waals surface area contributed by atoms with Crippen LogP contribution in [0.5, 0.6) is 0 Å². The summed E-state index contributed by atoms with van der Waals surface area (Å²) in [4.78, 5) is 0. The Hall–Kier alpha value is -1.74. The van der Waals surface area contributed by atoms with Crippen LogP contribution in [-0.4, -0.2) is 21.4 Å². The third kappa shape index (κ3) is 4.26. The molecule has 0 aliphatic rings. The summed E-state index contributed by atoms with van der Waals surface area (Å²) in [7, 11) is 0. The Morgan fingerprint density at radius 3 is 1.39 bits per heavy atom. The molecule has 0 spiro atoms. The van der Waals surface area contributed by atoms with Crippen LogP contribution in [0.2, 0.25) is 0 Å². The van der Waals surface area contributed by atoms with Crippen LogP contribution in [0.25, 0.3) is 0 Å². The number of hydrogen-bond donors (Lipinski definition) is 2. The second-order valence-corrected chi connectivity index (χ2v) is 5.01. The monoisotopic (exact) mass is 242 g/mol. The molecule has 2 nitrogen and oxygen atoms in total. The molecule has 0 heterocycles. The summed E-state index contributed by atoms with van der Waals surface area (Å²) < 4.78 is 0. The minimum atomic E-state index is -1.13. The number of rotatable bonds is 4. The summed E-state index contributed by atoms with van der Waals surface area (Å²) in [5, 5.41) is 19.5. The lowest BCUT2D eigenvalue weighted by molar-refractivity contribution is 0.121. The van der Waals surface area contributed by atoms with Gasteiger partial charge in [-0.15, -0.1) is 12.8 Å². The van der Waals surface area contributed by atoms with Gasteiger partial charge in [0.1, 0.15) is 11.2 Å². The maximum Gasteiger partial charge on any atom is 0.126 e. The van der Waals surface area contributed by atoms with Crippen LogP contribution < -0.4 is 0 Å². The lowest BCUT2D eigenvalue weighted by Crippen LogP contribution is -2.25. The Morgan fingerprint density at radius 1 is 0.889 bits per heavy atom. The molecule has 1 aromatic carbocycles. The van der Waals surface area contributed by atoms with Crippen molar-refractivity contribution in [1.29, 1.82) is 0 Å². The molecular weight excluding hydrogens is 224 g/mol. The third-order valence-electron chi connectivity index (χ3n) is 2.74. The predicted octanol–water partition coefficient (Wildman–Crippen LogP) is 1.54. The summed E-state index contributed by atoms with van der Waals surface area (Å²) in [6.07, 6.45) is 11.3. The van der Waals surface area contributed by atoms with Crippen molar-refractivity contribution in [3.8, 4) is 24.7 Å². The lowest BCUT2D eigenvalue weighted by atomic mass is 9.93. The smallest absolute Gasteiger partial charge is 0.126 e. The summed E-state index contributed by atoms with van der Waals surface area (Å²) in [5.41, 5.74) is -0.374. The van der Waals surface area contributed by atoms with E-state index in [0.717, 1.165) is 11.1 Å². The second kappa shape index (κ2) is 5.27. The van der Waals surface area contributed by atoms with Crippen LogP contribution in [0.4, 0.5) is 0 Å². The Bertz CT molecular complexity index is 434. The zero-order chi connectivity index (χ0) is 13.8. The highest BCUT2D eigenvalue weighted by atomic mass is 16.3. The first-order chi connectivity index (χ1) is 8.28. The fourth-order valence-corrected chi connectivity index (χ4v) is 1.67. The molecule has 0 aliphatic heterocycles. The molecule has 0 aromatic heterocycles. The van der Waals surface area contributed by atoms with E-state index < -0.39 is 11.2 Å². The van der Waals surface area contributed by atoms with Gasteiger partial charge in [-0.2, -0.15) is 0 Å². The van der Waals surface area contributed by atoms with Gasteiger partial charge in [0.15, 0.2) is 0 Å². The first-order valence-electron chi connectivity index (χ1n) is 5.76. The molecule has 0 fully saturated rings. The van der Waals surface area contributed by atoms with Crippen molar-refractivity contribution in [2.24, 2.45) is 0 Å². The van der Waals surface area contributed by atoms with E-state index in [0.29, 0.717) is 12.8 Å². The number of benzene rings is 1. The van der Waals surface area contributed by atoms with Crippen molar-refractivity contribution >= 4 is 0 Å². The van der Waals surface area contributed by atoms with Crippen LogP contribution >= 0.6 is 0 Å². The zero-order valence-corrected chi connectivity index (χ0v) is 10.8. The van der Waals surface area contributed by atoms with Crippen LogP contribution in [0.3, 0.4) is 0 Å². The minimum absolute atomic E-state index is 0.398. The predicted molar refractivity (Wildman–Crippen MR) is 72.8 cm³/mol. The van der Waals surface area contributed by atoms with Crippen molar-refractivity contribution < 1.29 is 10.2 Å². The molecule has 2 atom stereocenters.